The number of hydrogen-bond donors (Lipinski definition) is 0. The van der Waals surface area contributed by atoms with E-state index in [4.69, 9.17) is 4.98 Å². The van der Waals surface area contributed by atoms with Crippen LogP contribution in [0.4, 0.5) is 10.9 Å². The van der Waals surface area contributed by atoms with Crippen LogP contribution in [-0.2, 0) is 12.8 Å². The fourth-order valence-corrected chi connectivity index (χ4v) is 6.20. The molecule has 26 heavy (non-hydrogen) atoms. The van der Waals surface area contributed by atoms with Crippen LogP contribution in [0.15, 0.2) is 11.7 Å². The van der Waals surface area contributed by atoms with Gasteiger partial charge >= 0.3 is 0 Å². The minimum atomic E-state index is 0.995. The average molecular weight is 386 g/mol. The van der Waals surface area contributed by atoms with Gasteiger partial charge in [0.1, 0.15) is 17.0 Å². The maximum absolute atomic E-state index is 4.74. The second-order valence-electron chi connectivity index (χ2n) is 7.19. The number of fused-ring (bicyclic) bond motifs is 3. The van der Waals surface area contributed by atoms with Crippen LogP contribution in [0, 0.1) is 6.92 Å². The van der Waals surface area contributed by atoms with E-state index in [1.807, 2.05) is 11.3 Å². The van der Waals surface area contributed by atoms with Crippen molar-refractivity contribution in [2.75, 3.05) is 36.0 Å². The lowest BCUT2D eigenvalue weighted by molar-refractivity contribution is 0.699. The third-order valence-corrected chi connectivity index (χ3v) is 7.62. The summed E-state index contributed by atoms with van der Waals surface area (Å²) in [6, 6.07) is 0. The Morgan fingerprint density at radius 1 is 0.962 bits per heavy atom. The van der Waals surface area contributed by atoms with Crippen molar-refractivity contribution in [1.82, 2.24) is 15.0 Å². The van der Waals surface area contributed by atoms with Crippen LogP contribution in [0.2, 0.25) is 0 Å². The van der Waals surface area contributed by atoms with Gasteiger partial charge in [0, 0.05) is 36.4 Å². The lowest BCUT2D eigenvalue weighted by atomic mass is 9.97. The van der Waals surface area contributed by atoms with E-state index in [1.165, 1.54) is 41.5 Å². The summed E-state index contributed by atoms with van der Waals surface area (Å²) in [5, 5.41) is 4.64. The van der Waals surface area contributed by atoms with E-state index in [0.717, 1.165) is 49.2 Å². The van der Waals surface area contributed by atoms with Crippen molar-refractivity contribution in [3.8, 4) is 0 Å². The first-order valence-electron chi connectivity index (χ1n) is 9.47. The van der Waals surface area contributed by atoms with E-state index in [1.54, 1.807) is 22.5 Å². The molecule has 0 radical (unpaired) electrons. The first kappa shape index (κ1) is 16.4. The summed E-state index contributed by atoms with van der Waals surface area (Å²) in [6.45, 7) is 6.19. The second-order valence-corrected chi connectivity index (χ2v) is 9.11. The number of rotatable bonds is 2. The largest absolute Gasteiger partial charge is 0.354 e. The van der Waals surface area contributed by atoms with Gasteiger partial charge in [0.05, 0.1) is 11.1 Å². The quantitative estimate of drug-likeness (QED) is 0.666. The molecule has 7 heteroatoms. The van der Waals surface area contributed by atoms with Crippen LogP contribution in [0.5, 0.6) is 0 Å². The molecule has 136 valence electrons. The number of thiazole rings is 1. The Morgan fingerprint density at radius 3 is 2.69 bits per heavy atom. The number of anilines is 2. The van der Waals surface area contributed by atoms with Crippen molar-refractivity contribution in [1.29, 1.82) is 0 Å². The Bertz CT molecular complexity index is 931. The predicted molar refractivity (Wildman–Crippen MR) is 110 cm³/mol. The summed E-state index contributed by atoms with van der Waals surface area (Å²) in [5.41, 5.74) is 2.65. The van der Waals surface area contributed by atoms with E-state index < -0.39 is 0 Å². The zero-order valence-corrected chi connectivity index (χ0v) is 16.7. The van der Waals surface area contributed by atoms with Crippen molar-refractivity contribution in [2.24, 2.45) is 0 Å². The average Bonchev–Trinajstić information content (AvgIpc) is 3.17. The molecule has 3 aromatic rings. The van der Waals surface area contributed by atoms with Crippen molar-refractivity contribution in [3.63, 3.8) is 0 Å². The van der Waals surface area contributed by atoms with Crippen molar-refractivity contribution in [2.45, 2.75) is 39.0 Å². The molecule has 0 aromatic carbocycles. The SMILES string of the molecule is Cc1csc(N2CCCN(c3ncnc4sc5c(c34)CCCC5)CC2)n1. The minimum absolute atomic E-state index is 0.995. The fraction of sp³-hybridized carbons (Fsp3) is 0.526. The van der Waals surface area contributed by atoms with Crippen LogP contribution >= 0.6 is 22.7 Å². The summed E-state index contributed by atoms with van der Waals surface area (Å²) >= 11 is 3.64. The van der Waals surface area contributed by atoms with Gasteiger partial charge in [-0.1, -0.05) is 0 Å². The highest BCUT2D eigenvalue weighted by Crippen LogP contribution is 2.39. The van der Waals surface area contributed by atoms with Gasteiger partial charge in [-0.05, 0) is 44.6 Å². The Kier molecular flexibility index (Phi) is 4.29. The second kappa shape index (κ2) is 6.78. The Morgan fingerprint density at radius 2 is 1.81 bits per heavy atom. The van der Waals surface area contributed by atoms with Crippen molar-refractivity contribution >= 4 is 43.8 Å². The van der Waals surface area contributed by atoms with E-state index in [2.05, 4.69) is 32.1 Å². The smallest absolute Gasteiger partial charge is 0.185 e. The van der Waals surface area contributed by atoms with E-state index >= 15 is 0 Å². The van der Waals surface area contributed by atoms with Crippen molar-refractivity contribution in [3.05, 3.63) is 27.8 Å². The van der Waals surface area contributed by atoms with Gasteiger partial charge in [-0.15, -0.1) is 22.7 Å². The van der Waals surface area contributed by atoms with Crippen LogP contribution < -0.4 is 9.80 Å². The molecule has 0 atom stereocenters. The molecule has 0 N–H and O–H groups in total. The maximum atomic E-state index is 4.74. The molecule has 1 fully saturated rings. The Labute approximate surface area is 161 Å². The van der Waals surface area contributed by atoms with Gasteiger partial charge in [-0.3, -0.25) is 0 Å². The van der Waals surface area contributed by atoms with Crippen LogP contribution in [-0.4, -0.2) is 41.1 Å². The summed E-state index contributed by atoms with van der Waals surface area (Å²) in [5.74, 6) is 1.16. The highest BCUT2D eigenvalue weighted by Gasteiger charge is 2.24. The molecule has 1 aliphatic carbocycles. The molecular formula is C19H23N5S2. The van der Waals surface area contributed by atoms with Crippen molar-refractivity contribution < 1.29 is 0 Å². The lowest BCUT2D eigenvalue weighted by Crippen LogP contribution is -2.31. The van der Waals surface area contributed by atoms with Gasteiger partial charge in [0.25, 0.3) is 0 Å². The van der Waals surface area contributed by atoms with E-state index in [0.29, 0.717) is 0 Å². The maximum Gasteiger partial charge on any atom is 0.185 e. The van der Waals surface area contributed by atoms with E-state index in [9.17, 15) is 0 Å². The number of aryl methyl sites for hydroxylation is 3. The molecule has 0 unspecified atom stereocenters. The first-order valence-corrected chi connectivity index (χ1v) is 11.2. The molecule has 4 heterocycles. The summed E-state index contributed by atoms with van der Waals surface area (Å²) in [6.07, 6.45) is 7.91. The molecule has 5 nitrogen and oxygen atoms in total. The van der Waals surface area contributed by atoms with Gasteiger partial charge in [-0.25, -0.2) is 15.0 Å². The van der Waals surface area contributed by atoms with Crippen LogP contribution in [0.25, 0.3) is 10.2 Å². The highest BCUT2D eigenvalue weighted by molar-refractivity contribution is 7.19. The first-order chi connectivity index (χ1) is 12.8. The number of aromatic nitrogens is 3. The number of thiophene rings is 1. The number of nitrogens with zero attached hydrogens (tertiary/aromatic N) is 5. The highest BCUT2D eigenvalue weighted by atomic mass is 32.1. The molecule has 1 saturated heterocycles. The van der Waals surface area contributed by atoms with Gasteiger partial charge in [0.2, 0.25) is 0 Å². The molecule has 3 aromatic heterocycles. The summed E-state index contributed by atoms with van der Waals surface area (Å²) in [7, 11) is 0. The predicted octanol–water partition coefficient (Wildman–Crippen LogP) is 4.05. The molecule has 5 rings (SSSR count). The Balaban J connectivity index is 1.45. The minimum Gasteiger partial charge on any atom is -0.354 e. The molecule has 0 saturated carbocycles. The fourth-order valence-electron chi connectivity index (χ4n) is 4.12. The molecule has 2 aliphatic rings. The standard InChI is InChI=1S/C19H23N5S2/c1-13-11-25-19(22-13)24-8-4-7-23(9-10-24)17-16-14-5-2-3-6-15(14)26-18(16)21-12-20-17/h11-12H,2-10H2,1H3. The third-order valence-electron chi connectivity index (χ3n) is 5.40. The van der Waals surface area contributed by atoms with Gasteiger partial charge in [0.15, 0.2) is 5.13 Å². The van der Waals surface area contributed by atoms with E-state index in [-0.39, 0.29) is 0 Å². The summed E-state index contributed by atoms with van der Waals surface area (Å²) < 4.78 is 0. The normalized spacial score (nSPS) is 18.2. The zero-order valence-electron chi connectivity index (χ0n) is 15.1. The van der Waals surface area contributed by atoms with Gasteiger partial charge < -0.3 is 9.80 Å². The monoisotopic (exact) mass is 385 g/mol. The topological polar surface area (TPSA) is 45.2 Å². The molecule has 1 aliphatic heterocycles. The summed E-state index contributed by atoms with van der Waals surface area (Å²) in [4.78, 5) is 21.6. The zero-order chi connectivity index (χ0) is 17.5. The molecule has 0 bridgehead atoms. The molecule has 0 amide bonds. The van der Waals surface area contributed by atoms with Crippen LogP contribution in [0.3, 0.4) is 0 Å². The van der Waals surface area contributed by atoms with Gasteiger partial charge in [-0.2, -0.15) is 0 Å². The number of hydrogen-bond acceptors (Lipinski definition) is 7. The third kappa shape index (κ3) is 2.87. The molecular weight excluding hydrogens is 362 g/mol. The molecule has 0 spiro atoms. The lowest BCUT2D eigenvalue weighted by Gasteiger charge is -2.23. The Hall–Kier alpha value is -1.73. The van der Waals surface area contributed by atoms with Crippen LogP contribution in [0.1, 0.15) is 35.4 Å².